The number of hydrogen-bond acceptors (Lipinski definition) is 4. The number of rotatable bonds is 6. The highest BCUT2D eigenvalue weighted by atomic mass is 16.6. The fourth-order valence-electron chi connectivity index (χ4n) is 1.02. The van der Waals surface area contributed by atoms with E-state index in [1.807, 2.05) is 0 Å². The summed E-state index contributed by atoms with van der Waals surface area (Å²) in [6, 6.07) is -0.835. The lowest BCUT2D eigenvalue weighted by atomic mass is 10.2. The molecule has 0 aliphatic heterocycles. The van der Waals surface area contributed by atoms with Crippen LogP contribution in [-0.2, 0) is 14.3 Å². The first-order chi connectivity index (χ1) is 9.15. The zero-order valence-electron chi connectivity index (χ0n) is 11.1. The highest BCUT2D eigenvalue weighted by Gasteiger charge is 2.21. The third-order valence-corrected chi connectivity index (χ3v) is 1.89. The van der Waals surface area contributed by atoms with E-state index in [1.165, 1.54) is 6.08 Å². The molecule has 0 rings (SSSR count). The molecule has 1 atom stereocenters. The van der Waals surface area contributed by atoms with Crippen LogP contribution < -0.4 is 5.32 Å². The average molecular weight is 263 g/mol. The SMILES string of the molecule is C=CCC(NC(=O)OCC#CC)C(=O)OCC#CC. The molecule has 5 heteroatoms. The summed E-state index contributed by atoms with van der Waals surface area (Å²) >= 11 is 0. The molecule has 5 nitrogen and oxygen atoms in total. The van der Waals surface area contributed by atoms with Crippen LogP contribution in [0.15, 0.2) is 12.7 Å². The minimum absolute atomic E-state index is 0.0129. The first-order valence-corrected chi connectivity index (χ1v) is 5.65. The Morgan fingerprint density at radius 2 is 1.79 bits per heavy atom. The molecule has 0 saturated carbocycles. The van der Waals surface area contributed by atoms with Crippen molar-refractivity contribution >= 4 is 12.1 Å². The monoisotopic (exact) mass is 263 g/mol. The van der Waals surface area contributed by atoms with Gasteiger partial charge in [0.05, 0.1) is 0 Å². The minimum Gasteiger partial charge on any atom is -0.451 e. The largest absolute Gasteiger partial charge is 0.451 e. The lowest BCUT2D eigenvalue weighted by Crippen LogP contribution is -2.41. The van der Waals surface area contributed by atoms with Crippen LogP contribution in [0.2, 0.25) is 0 Å². The average Bonchev–Trinajstić information content (AvgIpc) is 2.38. The van der Waals surface area contributed by atoms with Gasteiger partial charge in [0.2, 0.25) is 0 Å². The molecule has 102 valence electrons. The fourth-order valence-corrected chi connectivity index (χ4v) is 1.02. The first-order valence-electron chi connectivity index (χ1n) is 5.65. The van der Waals surface area contributed by atoms with Crippen LogP contribution >= 0.6 is 0 Å². The Kier molecular flexibility index (Phi) is 9.38. The van der Waals surface area contributed by atoms with E-state index in [1.54, 1.807) is 13.8 Å². The van der Waals surface area contributed by atoms with Crippen molar-refractivity contribution < 1.29 is 19.1 Å². The van der Waals surface area contributed by atoms with Gasteiger partial charge in [-0.3, -0.25) is 0 Å². The predicted octanol–water partition coefficient (Wildman–Crippen LogP) is 1.25. The summed E-state index contributed by atoms with van der Waals surface area (Å²) in [7, 11) is 0. The van der Waals surface area contributed by atoms with Gasteiger partial charge >= 0.3 is 12.1 Å². The molecule has 0 radical (unpaired) electrons. The van der Waals surface area contributed by atoms with E-state index in [0.29, 0.717) is 0 Å². The van der Waals surface area contributed by atoms with Gasteiger partial charge < -0.3 is 14.8 Å². The number of hydrogen-bond donors (Lipinski definition) is 1. The van der Waals surface area contributed by atoms with Crippen molar-refractivity contribution in [1.29, 1.82) is 0 Å². The standard InChI is InChI=1S/C14H17NO4/c1-4-7-10-18-13(16)12(9-6-3)15-14(17)19-11-8-5-2/h6,12H,3,9-11H2,1-2H3,(H,15,17). The van der Waals surface area contributed by atoms with Crippen LogP contribution in [0.5, 0.6) is 0 Å². The van der Waals surface area contributed by atoms with E-state index >= 15 is 0 Å². The second-order valence-electron chi connectivity index (χ2n) is 3.26. The lowest BCUT2D eigenvalue weighted by Gasteiger charge is -2.14. The molecule has 0 aliphatic carbocycles. The quantitative estimate of drug-likeness (QED) is 0.445. The smallest absolute Gasteiger partial charge is 0.408 e. The lowest BCUT2D eigenvalue weighted by molar-refractivity contribution is -0.144. The Morgan fingerprint density at radius 3 is 2.32 bits per heavy atom. The fraction of sp³-hybridized carbons (Fsp3) is 0.429. The predicted molar refractivity (Wildman–Crippen MR) is 70.9 cm³/mol. The highest BCUT2D eigenvalue weighted by molar-refractivity contribution is 5.81. The molecule has 1 N–H and O–H groups in total. The van der Waals surface area contributed by atoms with Crippen molar-refractivity contribution in [2.45, 2.75) is 26.3 Å². The molecule has 19 heavy (non-hydrogen) atoms. The summed E-state index contributed by atoms with van der Waals surface area (Å²) in [5.74, 6) is 9.75. The van der Waals surface area contributed by atoms with Gasteiger partial charge in [-0.15, -0.1) is 18.4 Å². The van der Waals surface area contributed by atoms with Gasteiger partial charge in [-0.1, -0.05) is 17.9 Å². The molecule has 0 saturated heterocycles. The second-order valence-corrected chi connectivity index (χ2v) is 3.26. The third kappa shape index (κ3) is 8.34. The summed E-state index contributed by atoms with van der Waals surface area (Å²) in [6.07, 6.45) is 1.02. The van der Waals surface area contributed by atoms with Gasteiger partial charge in [-0.25, -0.2) is 9.59 Å². The van der Waals surface area contributed by atoms with Gasteiger partial charge in [0, 0.05) is 0 Å². The van der Waals surface area contributed by atoms with Crippen LogP contribution in [0.1, 0.15) is 20.3 Å². The van der Waals surface area contributed by atoms with Crippen molar-refractivity contribution in [3.05, 3.63) is 12.7 Å². The summed E-state index contributed by atoms with van der Waals surface area (Å²) < 4.78 is 9.61. The first kappa shape index (κ1) is 16.6. The molecular formula is C14H17NO4. The van der Waals surface area contributed by atoms with E-state index in [0.717, 1.165) is 0 Å². The van der Waals surface area contributed by atoms with Gasteiger partial charge in [-0.2, -0.15) is 0 Å². The molecule has 1 amide bonds. The Labute approximate surface area is 113 Å². The van der Waals surface area contributed by atoms with E-state index in [-0.39, 0.29) is 19.6 Å². The number of nitrogens with one attached hydrogen (secondary N) is 1. The molecule has 0 aromatic carbocycles. The van der Waals surface area contributed by atoms with Crippen molar-refractivity contribution in [3.8, 4) is 23.7 Å². The maximum Gasteiger partial charge on any atom is 0.408 e. The van der Waals surface area contributed by atoms with Crippen molar-refractivity contribution in [2.75, 3.05) is 13.2 Å². The topological polar surface area (TPSA) is 64.6 Å². The number of ether oxygens (including phenoxy) is 2. The Hall–Kier alpha value is -2.40. The van der Waals surface area contributed by atoms with Crippen LogP contribution in [0.4, 0.5) is 4.79 Å². The molecule has 0 fully saturated rings. The molecular weight excluding hydrogens is 246 g/mol. The molecule has 0 spiro atoms. The summed E-state index contributed by atoms with van der Waals surface area (Å²) in [4.78, 5) is 23.0. The molecule has 0 heterocycles. The third-order valence-electron chi connectivity index (χ3n) is 1.89. The number of esters is 1. The summed E-state index contributed by atoms with van der Waals surface area (Å²) in [5, 5.41) is 2.38. The highest BCUT2D eigenvalue weighted by Crippen LogP contribution is 1.97. The number of carbonyl (C=O) groups excluding carboxylic acids is 2. The molecule has 0 aliphatic rings. The molecule has 0 aromatic heterocycles. The molecule has 1 unspecified atom stereocenters. The van der Waals surface area contributed by atoms with Crippen LogP contribution in [-0.4, -0.2) is 31.3 Å². The molecule has 0 bridgehead atoms. The maximum absolute atomic E-state index is 11.6. The van der Waals surface area contributed by atoms with Crippen LogP contribution in [0.25, 0.3) is 0 Å². The number of alkyl carbamates (subject to hydrolysis) is 1. The normalized spacial score (nSPS) is 9.79. The van der Waals surface area contributed by atoms with Gasteiger partial charge in [0.1, 0.15) is 6.04 Å². The Balaban J connectivity index is 4.31. The van der Waals surface area contributed by atoms with Gasteiger partial charge in [-0.05, 0) is 20.3 Å². The number of carbonyl (C=O) groups is 2. The second kappa shape index (κ2) is 10.7. The van der Waals surface area contributed by atoms with E-state index in [9.17, 15) is 9.59 Å². The summed E-state index contributed by atoms with van der Waals surface area (Å²) in [6.45, 7) is 6.74. The van der Waals surface area contributed by atoms with Crippen molar-refractivity contribution in [3.63, 3.8) is 0 Å². The van der Waals surface area contributed by atoms with E-state index in [2.05, 4.69) is 35.6 Å². The zero-order valence-corrected chi connectivity index (χ0v) is 11.1. The van der Waals surface area contributed by atoms with Crippen LogP contribution in [0.3, 0.4) is 0 Å². The number of amides is 1. The van der Waals surface area contributed by atoms with Crippen molar-refractivity contribution in [2.24, 2.45) is 0 Å². The molecule has 0 aromatic rings. The Bertz CT molecular complexity index is 434. The van der Waals surface area contributed by atoms with Gasteiger partial charge in [0.25, 0.3) is 0 Å². The minimum atomic E-state index is -0.835. The van der Waals surface area contributed by atoms with E-state index < -0.39 is 18.1 Å². The van der Waals surface area contributed by atoms with Crippen LogP contribution in [0, 0.1) is 23.7 Å². The maximum atomic E-state index is 11.6. The van der Waals surface area contributed by atoms with Gasteiger partial charge in [0.15, 0.2) is 13.2 Å². The summed E-state index contributed by atoms with van der Waals surface area (Å²) in [5.41, 5.74) is 0. The Morgan fingerprint density at radius 1 is 1.21 bits per heavy atom. The van der Waals surface area contributed by atoms with E-state index in [4.69, 9.17) is 9.47 Å². The zero-order chi connectivity index (χ0) is 14.5. The van der Waals surface area contributed by atoms with Crippen molar-refractivity contribution in [1.82, 2.24) is 5.32 Å².